The van der Waals surface area contributed by atoms with Crippen molar-refractivity contribution in [3.8, 4) is 22.5 Å². The zero-order valence-corrected chi connectivity index (χ0v) is 21.8. The average Bonchev–Trinajstić information content (AvgIpc) is 3.27. The number of carbonyl (C=O) groups is 1. The van der Waals surface area contributed by atoms with E-state index in [2.05, 4.69) is 41.1 Å². The Balaban J connectivity index is 1.46. The van der Waals surface area contributed by atoms with Crippen LogP contribution >= 0.6 is 11.8 Å². The molecule has 0 unspecified atom stereocenters. The van der Waals surface area contributed by atoms with Crippen LogP contribution in [0.15, 0.2) is 84.0 Å². The first-order valence-electron chi connectivity index (χ1n) is 12.4. The molecular weight excluding hydrogens is 484 g/mol. The summed E-state index contributed by atoms with van der Waals surface area (Å²) in [5.74, 6) is 0.468. The number of benzene rings is 3. The van der Waals surface area contributed by atoms with Crippen molar-refractivity contribution in [2.24, 2.45) is 0 Å². The number of aryl methyl sites for hydroxylation is 1. The highest BCUT2D eigenvalue weighted by atomic mass is 32.2. The Morgan fingerprint density at radius 3 is 2.35 bits per heavy atom. The molecule has 0 aliphatic carbocycles. The lowest BCUT2D eigenvalue weighted by Gasteiger charge is -2.12. The number of nitro benzene ring substituents is 1. The molecule has 1 heterocycles. The molecule has 0 atom stereocenters. The Morgan fingerprint density at radius 1 is 1.03 bits per heavy atom. The molecule has 3 aromatic carbocycles. The molecule has 1 aromatic heterocycles. The van der Waals surface area contributed by atoms with Gasteiger partial charge in [-0.15, -0.1) is 0 Å². The molecule has 0 fully saturated rings. The van der Waals surface area contributed by atoms with Crippen LogP contribution in [-0.2, 0) is 6.54 Å². The predicted octanol–water partition coefficient (Wildman–Crippen LogP) is 6.76. The third-order valence-corrected chi connectivity index (χ3v) is 7.04. The summed E-state index contributed by atoms with van der Waals surface area (Å²) in [5, 5.41) is 15.0. The molecular formula is C29H30N4O3S. The first-order valence-corrected chi connectivity index (χ1v) is 13.4. The number of hydrogen-bond acceptors (Lipinski definition) is 5. The molecule has 0 aliphatic heterocycles. The summed E-state index contributed by atoms with van der Waals surface area (Å²) < 4.78 is 2.30. The Bertz CT molecular complexity index is 1370. The molecule has 4 aromatic rings. The van der Waals surface area contributed by atoms with Crippen LogP contribution in [0, 0.1) is 17.0 Å². The van der Waals surface area contributed by atoms with E-state index in [1.807, 2.05) is 36.4 Å². The Labute approximate surface area is 221 Å². The summed E-state index contributed by atoms with van der Waals surface area (Å²) in [7, 11) is 0. The van der Waals surface area contributed by atoms with Crippen molar-refractivity contribution in [3.05, 3.63) is 100 Å². The van der Waals surface area contributed by atoms with Gasteiger partial charge in [0.1, 0.15) is 0 Å². The normalized spacial score (nSPS) is 10.9. The van der Waals surface area contributed by atoms with Crippen LogP contribution in [0.5, 0.6) is 0 Å². The molecule has 0 aliphatic rings. The third-order valence-electron chi connectivity index (χ3n) is 5.98. The van der Waals surface area contributed by atoms with E-state index in [0.29, 0.717) is 17.7 Å². The number of amides is 1. The monoisotopic (exact) mass is 514 g/mol. The highest BCUT2D eigenvalue weighted by Gasteiger charge is 2.20. The summed E-state index contributed by atoms with van der Waals surface area (Å²) in [6.45, 7) is 5.15. The summed E-state index contributed by atoms with van der Waals surface area (Å²) >= 11 is 1.68. The van der Waals surface area contributed by atoms with E-state index >= 15 is 0 Å². The average molecular weight is 515 g/mol. The van der Waals surface area contributed by atoms with Crippen molar-refractivity contribution in [2.75, 3.05) is 12.3 Å². The highest BCUT2D eigenvalue weighted by Crippen LogP contribution is 2.36. The number of nitrogens with zero attached hydrogens (tertiary/aromatic N) is 3. The third kappa shape index (κ3) is 6.27. The molecule has 0 radical (unpaired) electrons. The fourth-order valence-corrected chi connectivity index (χ4v) is 5.11. The van der Waals surface area contributed by atoms with Crippen molar-refractivity contribution in [1.82, 2.24) is 14.9 Å². The number of nitro groups is 1. The van der Waals surface area contributed by atoms with E-state index in [-0.39, 0.29) is 11.6 Å². The molecule has 0 saturated heterocycles. The largest absolute Gasteiger partial charge is 0.352 e. The summed E-state index contributed by atoms with van der Waals surface area (Å²) in [6.07, 6.45) is 1.72. The van der Waals surface area contributed by atoms with Crippen molar-refractivity contribution < 1.29 is 9.72 Å². The number of nitrogens with one attached hydrogen (secondary N) is 1. The van der Waals surface area contributed by atoms with Crippen molar-refractivity contribution >= 4 is 23.4 Å². The van der Waals surface area contributed by atoms with Gasteiger partial charge in [-0.25, -0.2) is 4.98 Å². The second kappa shape index (κ2) is 12.4. The second-order valence-corrected chi connectivity index (χ2v) is 9.75. The first-order chi connectivity index (χ1) is 18.0. The van der Waals surface area contributed by atoms with Gasteiger partial charge in [-0.05, 0) is 25.8 Å². The van der Waals surface area contributed by atoms with Crippen molar-refractivity contribution in [1.29, 1.82) is 0 Å². The van der Waals surface area contributed by atoms with Crippen LogP contribution in [0.2, 0.25) is 0 Å². The molecule has 8 heteroatoms. The van der Waals surface area contributed by atoms with Gasteiger partial charge >= 0.3 is 0 Å². The maximum Gasteiger partial charge on any atom is 0.273 e. The van der Waals surface area contributed by atoms with E-state index in [0.717, 1.165) is 52.8 Å². The quantitative estimate of drug-likeness (QED) is 0.103. The van der Waals surface area contributed by atoms with Crippen LogP contribution in [0.3, 0.4) is 0 Å². The van der Waals surface area contributed by atoms with Crippen molar-refractivity contribution in [3.63, 3.8) is 0 Å². The zero-order chi connectivity index (χ0) is 26.2. The van der Waals surface area contributed by atoms with E-state index in [1.165, 1.54) is 6.07 Å². The summed E-state index contributed by atoms with van der Waals surface area (Å²) in [4.78, 5) is 28.3. The van der Waals surface area contributed by atoms with Gasteiger partial charge < -0.3 is 9.88 Å². The van der Waals surface area contributed by atoms with Crippen LogP contribution in [0.25, 0.3) is 22.5 Å². The maximum absolute atomic E-state index is 12.5. The fourth-order valence-electron chi connectivity index (χ4n) is 4.15. The Kier molecular flexibility index (Phi) is 8.74. The van der Waals surface area contributed by atoms with Gasteiger partial charge in [-0.1, -0.05) is 85.4 Å². The van der Waals surface area contributed by atoms with Crippen LogP contribution in [0.1, 0.15) is 35.7 Å². The minimum Gasteiger partial charge on any atom is -0.352 e. The van der Waals surface area contributed by atoms with Gasteiger partial charge in [-0.3, -0.25) is 14.9 Å². The van der Waals surface area contributed by atoms with Crippen LogP contribution in [-0.4, -0.2) is 32.7 Å². The van der Waals surface area contributed by atoms with Gasteiger partial charge in [0, 0.05) is 47.2 Å². The molecule has 0 spiro atoms. The van der Waals surface area contributed by atoms with Gasteiger partial charge in [0.05, 0.1) is 16.3 Å². The van der Waals surface area contributed by atoms with Crippen LogP contribution < -0.4 is 5.32 Å². The highest BCUT2D eigenvalue weighted by molar-refractivity contribution is 7.99. The van der Waals surface area contributed by atoms with E-state index in [1.54, 1.807) is 30.8 Å². The number of hydrogen-bond donors (Lipinski definition) is 1. The molecule has 37 heavy (non-hydrogen) atoms. The zero-order valence-electron chi connectivity index (χ0n) is 21.0. The minimum absolute atomic E-state index is 0.0468. The van der Waals surface area contributed by atoms with Crippen LogP contribution in [0.4, 0.5) is 5.69 Å². The summed E-state index contributed by atoms with van der Waals surface area (Å²) in [5.41, 5.74) is 5.08. The number of rotatable bonds is 11. The molecule has 4 rings (SSSR count). The first kappa shape index (κ1) is 26.2. The molecule has 0 saturated carbocycles. The van der Waals surface area contributed by atoms with Crippen molar-refractivity contribution in [2.45, 2.75) is 38.4 Å². The number of imidazole rings is 1. The standard InChI is InChI=1S/C29H30N4O3S/c1-3-18-32-27(23-13-8-5-9-14-23)26(22-11-6-4-7-12-22)31-29(32)37-19-10-17-30-28(34)24-16-15-21(2)25(20-24)33(35)36/h4-9,11-16,20H,3,10,17-19H2,1-2H3,(H,30,34). The second-order valence-electron chi connectivity index (χ2n) is 8.69. The predicted molar refractivity (Wildman–Crippen MR) is 149 cm³/mol. The van der Waals surface area contributed by atoms with E-state index in [4.69, 9.17) is 4.98 Å². The van der Waals surface area contributed by atoms with E-state index in [9.17, 15) is 14.9 Å². The van der Waals surface area contributed by atoms with Gasteiger partial charge in [-0.2, -0.15) is 0 Å². The number of thioether (sulfide) groups is 1. The smallest absolute Gasteiger partial charge is 0.273 e. The molecule has 0 bridgehead atoms. The lowest BCUT2D eigenvalue weighted by Crippen LogP contribution is -2.24. The molecule has 1 amide bonds. The SMILES string of the molecule is CCCn1c(SCCCNC(=O)c2ccc(C)c([N+](=O)[O-])c2)nc(-c2ccccc2)c1-c1ccccc1. The molecule has 7 nitrogen and oxygen atoms in total. The van der Waals surface area contributed by atoms with Gasteiger partial charge in [0.2, 0.25) is 0 Å². The topological polar surface area (TPSA) is 90.1 Å². The lowest BCUT2D eigenvalue weighted by atomic mass is 10.0. The lowest BCUT2D eigenvalue weighted by molar-refractivity contribution is -0.385. The number of carbonyl (C=O) groups excluding carboxylic acids is 1. The Morgan fingerprint density at radius 2 is 1.70 bits per heavy atom. The minimum atomic E-state index is -0.464. The van der Waals surface area contributed by atoms with Gasteiger partial charge in [0.25, 0.3) is 11.6 Å². The molecule has 1 N–H and O–H groups in total. The maximum atomic E-state index is 12.5. The van der Waals surface area contributed by atoms with Gasteiger partial charge in [0.15, 0.2) is 5.16 Å². The van der Waals surface area contributed by atoms with E-state index < -0.39 is 4.92 Å². The summed E-state index contributed by atoms with van der Waals surface area (Å²) in [6, 6.07) is 25.1. The fraction of sp³-hybridized carbons (Fsp3) is 0.241. The Hall–Kier alpha value is -3.91. The number of aromatic nitrogens is 2. The molecule has 190 valence electrons.